The molecule has 3 nitrogen and oxygen atoms in total. The minimum atomic E-state index is -0.454. The number of nitrogens with zero attached hydrogens (tertiary/aromatic N) is 1. The summed E-state index contributed by atoms with van der Waals surface area (Å²) in [6, 6.07) is 11.1. The number of benzene rings is 2. The fourth-order valence-corrected chi connectivity index (χ4v) is 2.03. The van der Waals surface area contributed by atoms with Gasteiger partial charge in [-0.05, 0) is 30.3 Å². The summed E-state index contributed by atoms with van der Waals surface area (Å²) in [5, 5.41) is 4.04. The molecule has 102 valence electrons. The molecule has 0 saturated carbocycles. The van der Waals surface area contributed by atoms with Gasteiger partial charge in [0.15, 0.2) is 0 Å². The van der Waals surface area contributed by atoms with Crippen LogP contribution in [0, 0.1) is 5.82 Å². The zero-order valence-electron chi connectivity index (χ0n) is 10.1. The van der Waals surface area contributed by atoms with E-state index in [0.29, 0.717) is 15.1 Å². The van der Waals surface area contributed by atoms with Gasteiger partial charge in [0.05, 0.1) is 16.8 Å². The molecule has 0 atom stereocenters. The Balaban J connectivity index is 2.07. The number of rotatable bonds is 3. The Labute approximate surface area is 128 Å². The molecule has 2 rings (SSSR count). The van der Waals surface area contributed by atoms with E-state index in [-0.39, 0.29) is 5.56 Å². The van der Waals surface area contributed by atoms with E-state index in [1.54, 1.807) is 36.4 Å². The van der Waals surface area contributed by atoms with Gasteiger partial charge in [-0.25, -0.2) is 9.82 Å². The first kappa shape index (κ1) is 14.7. The van der Waals surface area contributed by atoms with Gasteiger partial charge in [0.2, 0.25) is 0 Å². The molecule has 0 spiro atoms. The van der Waals surface area contributed by atoms with Crippen molar-refractivity contribution < 1.29 is 9.18 Å². The molecule has 0 heterocycles. The smallest absolute Gasteiger partial charge is 0.267 e. The summed E-state index contributed by atoms with van der Waals surface area (Å²) in [5.41, 5.74) is 2.88. The Hall–Kier alpha value is -1.72. The molecule has 0 aliphatic carbocycles. The maximum absolute atomic E-state index is 13.5. The lowest BCUT2D eigenvalue weighted by atomic mass is 10.2. The zero-order chi connectivity index (χ0) is 14.5. The maximum atomic E-state index is 13.5. The Bertz CT molecular complexity index is 676. The van der Waals surface area contributed by atoms with Gasteiger partial charge < -0.3 is 0 Å². The van der Waals surface area contributed by atoms with Crippen molar-refractivity contribution in [3.05, 3.63) is 68.9 Å². The van der Waals surface area contributed by atoms with Crippen LogP contribution in [0.5, 0.6) is 0 Å². The van der Waals surface area contributed by atoms with Crippen LogP contribution in [-0.2, 0) is 0 Å². The molecule has 0 fully saturated rings. The number of carbonyl (C=O) groups is 1. The second-order valence-corrected chi connectivity index (χ2v) is 5.17. The average molecular weight is 356 g/mol. The Morgan fingerprint density at radius 3 is 2.75 bits per heavy atom. The van der Waals surface area contributed by atoms with Crippen LogP contribution in [-0.4, -0.2) is 12.1 Å². The van der Waals surface area contributed by atoms with Gasteiger partial charge in [-0.2, -0.15) is 5.10 Å². The molecule has 0 aromatic heterocycles. The molecular weight excluding hydrogens is 347 g/mol. The third-order valence-corrected chi connectivity index (χ3v) is 3.27. The standard InChI is InChI=1S/C14H9BrClFN2O/c15-10-6-5-9(13(17)7-10)8-18-19-14(20)11-3-1-2-4-12(11)16/h1-8H,(H,19,20)/b18-8-. The lowest BCUT2D eigenvalue weighted by Crippen LogP contribution is -2.18. The van der Waals surface area contributed by atoms with Gasteiger partial charge in [-0.1, -0.05) is 39.7 Å². The van der Waals surface area contributed by atoms with Crippen molar-refractivity contribution in [2.75, 3.05) is 0 Å². The summed E-state index contributed by atoms with van der Waals surface area (Å²) >= 11 is 9.04. The molecule has 0 unspecified atom stereocenters. The van der Waals surface area contributed by atoms with Crippen LogP contribution in [0.3, 0.4) is 0 Å². The van der Waals surface area contributed by atoms with Crippen LogP contribution in [0.2, 0.25) is 5.02 Å². The highest BCUT2D eigenvalue weighted by Gasteiger charge is 2.08. The molecule has 0 bridgehead atoms. The highest BCUT2D eigenvalue weighted by Crippen LogP contribution is 2.15. The first-order valence-electron chi connectivity index (χ1n) is 5.61. The molecule has 6 heteroatoms. The normalized spacial score (nSPS) is 10.8. The molecule has 0 radical (unpaired) electrons. The molecule has 2 aromatic carbocycles. The Morgan fingerprint density at radius 2 is 2.05 bits per heavy atom. The van der Waals surface area contributed by atoms with Crippen LogP contribution in [0.25, 0.3) is 0 Å². The second-order valence-electron chi connectivity index (χ2n) is 3.84. The Morgan fingerprint density at radius 1 is 1.30 bits per heavy atom. The largest absolute Gasteiger partial charge is 0.272 e. The SMILES string of the molecule is O=C(N/N=C\c1ccc(Br)cc1F)c1ccccc1Cl. The number of nitrogens with one attached hydrogen (secondary N) is 1. The number of hydrazone groups is 1. The predicted octanol–water partition coefficient (Wildman–Crippen LogP) is 4.01. The molecule has 2 aromatic rings. The number of hydrogen-bond donors (Lipinski definition) is 1. The number of hydrogen-bond acceptors (Lipinski definition) is 2. The highest BCUT2D eigenvalue weighted by molar-refractivity contribution is 9.10. The zero-order valence-corrected chi connectivity index (χ0v) is 12.5. The molecule has 1 amide bonds. The quantitative estimate of drug-likeness (QED) is 0.656. The molecule has 0 aliphatic heterocycles. The van der Waals surface area contributed by atoms with E-state index in [4.69, 9.17) is 11.6 Å². The third-order valence-electron chi connectivity index (χ3n) is 2.45. The minimum Gasteiger partial charge on any atom is -0.267 e. The second kappa shape index (κ2) is 6.63. The first-order chi connectivity index (χ1) is 9.58. The predicted molar refractivity (Wildman–Crippen MR) is 80.6 cm³/mol. The van der Waals surface area contributed by atoms with Gasteiger partial charge in [0, 0.05) is 10.0 Å². The van der Waals surface area contributed by atoms with Gasteiger partial charge >= 0.3 is 0 Å². The van der Waals surface area contributed by atoms with E-state index in [0.717, 1.165) is 0 Å². The minimum absolute atomic E-state index is 0.271. The van der Waals surface area contributed by atoms with Crippen molar-refractivity contribution in [1.29, 1.82) is 0 Å². The molecular formula is C14H9BrClFN2O. The van der Waals surface area contributed by atoms with Crippen molar-refractivity contribution in [1.82, 2.24) is 5.43 Å². The lowest BCUT2D eigenvalue weighted by molar-refractivity contribution is 0.0955. The summed E-state index contributed by atoms with van der Waals surface area (Å²) in [4.78, 5) is 11.8. The summed E-state index contributed by atoms with van der Waals surface area (Å²) in [6.07, 6.45) is 1.23. The van der Waals surface area contributed by atoms with E-state index in [9.17, 15) is 9.18 Å². The third kappa shape index (κ3) is 3.65. The van der Waals surface area contributed by atoms with Gasteiger partial charge in [0.25, 0.3) is 5.91 Å². The summed E-state index contributed by atoms with van der Waals surface area (Å²) in [5.74, 6) is -0.889. The van der Waals surface area contributed by atoms with E-state index >= 15 is 0 Å². The highest BCUT2D eigenvalue weighted by atomic mass is 79.9. The number of carbonyl (C=O) groups excluding carboxylic acids is 1. The first-order valence-corrected chi connectivity index (χ1v) is 6.78. The fourth-order valence-electron chi connectivity index (χ4n) is 1.47. The van der Waals surface area contributed by atoms with Gasteiger partial charge in [0.1, 0.15) is 5.82 Å². The van der Waals surface area contributed by atoms with Crippen molar-refractivity contribution in [3.8, 4) is 0 Å². The molecule has 1 N–H and O–H groups in total. The van der Waals surface area contributed by atoms with E-state index in [2.05, 4.69) is 26.5 Å². The van der Waals surface area contributed by atoms with E-state index < -0.39 is 11.7 Å². The summed E-state index contributed by atoms with van der Waals surface area (Å²) < 4.78 is 14.1. The number of halogens is 3. The van der Waals surface area contributed by atoms with Crippen LogP contribution < -0.4 is 5.43 Å². The summed E-state index contributed by atoms with van der Waals surface area (Å²) in [6.45, 7) is 0. The lowest BCUT2D eigenvalue weighted by Gasteiger charge is -2.02. The van der Waals surface area contributed by atoms with Crippen molar-refractivity contribution in [3.63, 3.8) is 0 Å². The topological polar surface area (TPSA) is 41.5 Å². The van der Waals surface area contributed by atoms with Crippen LogP contribution in [0.1, 0.15) is 15.9 Å². The van der Waals surface area contributed by atoms with Crippen molar-refractivity contribution in [2.24, 2.45) is 5.10 Å². The maximum Gasteiger partial charge on any atom is 0.272 e. The van der Waals surface area contributed by atoms with Crippen molar-refractivity contribution in [2.45, 2.75) is 0 Å². The van der Waals surface area contributed by atoms with E-state index in [1.807, 2.05) is 0 Å². The van der Waals surface area contributed by atoms with Crippen molar-refractivity contribution >= 4 is 39.7 Å². The van der Waals surface area contributed by atoms with E-state index in [1.165, 1.54) is 12.3 Å². The Kier molecular flexibility index (Phi) is 4.87. The monoisotopic (exact) mass is 354 g/mol. The summed E-state index contributed by atoms with van der Waals surface area (Å²) in [7, 11) is 0. The fraction of sp³-hybridized carbons (Fsp3) is 0. The molecule has 20 heavy (non-hydrogen) atoms. The number of amides is 1. The van der Waals surface area contributed by atoms with Crippen LogP contribution >= 0.6 is 27.5 Å². The molecule has 0 saturated heterocycles. The van der Waals surface area contributed by atoms with Crippen LogP contribution in [0.15, 0.2) is 52.0 Å². The average Bonchev–Trinajstić information content (AvgIpc) is 2.41. The molecule has 0 aliphatic rings. The van der Waals surface area contributed by atoms with Crippen LogP contribution in [0.4, 0.5) is 4.39 Å². The van der Waals surface area contributed by atoms with Gasteiger partial charge in [-0.3, -0.25) is 4.79 Å². The van der Waals surface area contributed by atoms with Gasteiger partial charge in [-0.15, -0.1) is 0 Å².